The molecule has 0 aliphatic carbocycles. The molecule has 0 bridgehead atoms. The fourth-order valence-electron chi connectivity index (χ4n) is 2.73. The zero-order valence-electron chi connectivity index (χ0n) is 16.6. The van der Waals surface area contributed by atoms with E-state index in [1.54, 1.807) is 36.4 Å². The molecule has 0 saturated carbocycles. The van der Waals surface area contributed by atoms with Crippen LogP contribution in [0.4, 0.5) is 0 Å². The van der Waals surface area contributed by atoms with E-state index >= 15 is 0 Å². The van der Waals surface area contributed by atoms with Crippen LogP contribution in [0.2, 0.25) is 0 Å². The SMILES string of the molecule is COc1ccc(C2=NC(=Cc3cc(Br)c(OC(C)=O)c(OC)c3)C(=O)O2)cc1OC. The molecule has 9 heteroatoms. The summed E-state index contributed by atoms with van der Waals surface area (Å²) < 4.78 is 26.7. The summed E-state index contributed by atoms with van der Waals surface area (Å²) in [6.07, 6.45) is 1.54. The number of aliphatic imine (C=N–C) groups is 1. The molecule has 0 radical (unpaired) electrons. The summed E-state index contributed by atoms with van der Waals surface area (Å²) in [5, 5.41) is 0. The maximum Gasteiger partial charge on any atom is 0.363 e. The van der Waals surface area contributed by atoms with Crippen LogP contribution in [-0.2, 0) is 14.3 Å². The second kappa shape index (κ2) is 9.00. The van der Waals surface area contributed by atoms with Gasteiger partial charge in [-0.25, -0.2) is 9.79 Å². The molecule has 0 unspecified atom stereocenters. The van der Waals surface area contributed by atoms with Crippen LogP contribution in [0.25, 0.3) is 6.08 Å². The molecule has 1 aliphatic rings. The highest BCUT2D eigenvalue weighted by Gasteiger charge is 2.25. The van der Waals surface area contributed by atoms with Gasteiger partial charge in [0.1, 0.15) is 0 Å². The van der Waals surface area contributed by atoms with Crippen molar-refractivity contribution in [2.45, 2.75) is 6.92 Å². The van der Waals surface area contributed by atoms with E-state index in [4.69, 9.17) is 23.7 Å². The Kier molecular flexibility index (Phi) is 6.41. The Labute approximate surface area is 181 Å². The number of ether oxygens (including phenoxy) is 5. The van der Waals surface area contributed by atoms with Gasteiger partial charge in [-0.05, 0) is 57.9 Å². The molecule has 0 spiro atoms. The lowest BCUT2D eigenvalue weighted by Gasteiger charge is -2.11. The van der Waals surface area contributed by atoms with Gasteiger partial charge in [-0.2, -0.15) is 0 Å². The van der Waals surface area contributed by atoms with Gasteiger partial charge < -0.3 is 23.7 Å². The summed E-state index contributed by atoms with van der Waals surface area (Å²) in [5.41, 5.74) is 1.27. The number of hydrogen-bond donors (Lipinski definition) is 0. The number of hydrogen-bond acceptors (Lipinski definition) is 8. The topological polar surface area (TPSA) is 92.7 Å². The fourth-order valence-corrected chi connectivity index (χ4v) is 3.27. The molecular formula is C21H18BrNO7. The van der Waals surface area contributed by atoms with Gasteiger partial charge in [-0.3, -0.25) is 4.79 Å². The smallest absolute Gasteiger partial charge is 0.363 e. The third-order valence-electron chi connectivity index (χ3n) is 4.05. The zero-order chi connectivity index (χ0) is 21.8. The Morgan fingerprint density at radius 2 is 1.73 bits per heavy atom. The molecule has 0 aromatic heterocycles. The van der Waals surface area contributed by atoms with Crippen LogP contribution >= 0.6 is 15.9 Å². The number of halogens is 1. The molecule has 30 heavy (non-hydrogen) atoms. The first-order chi connectivity index (χ1) is 14.4. The molecule has 0 saturated heterocycles. The van der Waals surface area contributed by atoms with Crippen LogP contribution in [0.5, 0.6) is 23.0 Å². The van der Waals surface area contributed by atoms with Crippen molar-refractivity contribution in [3.63, 3.8) is 0 Å². The molecule has 2 aromatic carbocycles. The summed E-state index contributed by atoms with van der Waals surface area (Å²) in [7, 11) is 4.49. The molecule has 0 fully saturated rings. The van der Waals surface area contributed by atoms with Gasteiger partial charge in [0, 0.05) is 12.5 Å². The van der Waals surface area contributed by atoms with Gasteiger partial charge in [-0.15, -0.1) is 0 Å². The first-order valence-corrected chi connectivity index (χ1v) is 9.46. The van der Waals surface area contributed by atoms with Crippen molar-refractivity contribution in [1.82, 2.24) is 0 Å². The summed E-state index contributed by atoms with van der Waals surface area (Å²) in [4.78, 5) is 27.9. The summed E-state index contributed by atoms with van der Waals surface area (Å²) >= 11 is 3.35. The van der Waals surface area contributed by atoms with Crippen molar-refractivity contribution in [2.24, 2.45) is 4.99 Å². The Hall–Kier alpha value is -3.33. The standard InChI is InChI=1S/C21H18BrNO7/c1-11(24)29-19-14(22)7-12(9-18(19)28-4)8-15-21(25)30-20(23-15)13-5-6-16(26-2)17(10-13)27-3/h5-10H,1-4H3. The van der Waals surface area contributed by atoms with Crippen molar-refractivity contribution in [1.29, 1.82) is 0 Å². The number of esters is 2. The summed E-state index contributed by atoms with van der Waals surface area (Å²) in [6, 6.07) is 8.37. The van der Waals surface area contributed by atoms with Crippen molar-refractivity contribution in [3.05, 3.63) is 51.6 Å². The second-order valence-corrected chi connectivity index (χ2v) is 6.89. The minimum Gasteiger partial charge on any atom is -0.493 e. The monoisotopic (exact) mass is 475 g/mol. The van der Waals surface area contributed by atoms with Crippen LogP contribution in [0.1, 0.15) is 18.1 Å². The number of nitrogens with zero attached hydrogens (tertiary/aromatic N) is 1. The molecule has 0 N–H and O–H groups in total. The van der Waals surface area contributed by atoms with Crippen LogP contribution in [-0.4, -0.2) is 39.2 Å². The van der Waals surface area contributed by atoms with Crippen molar-refractivity contribution >= 4 is 39.8 Å². The quantitative estimate of drug-likeness (QED) is 0.356. The van der Waals surface area contributed by atoms with Gasteiger partial charge in [-0.1, -0.05) is 0 Å². The van der Waals surface area contributed by atoms with E-state index in [9.17, 15) is 9.59 Å². The maximum atomic E-state index is 12.3. The Balaban J connectivity index is 1.96. The molecule has 1 heterocycles. The first kappa shape index (κ1) is 21.4. The number of carbonyl (C=O) groups is 2. The van der Waals surface area contributed by atoms with Gasteiger partial charge in [0.25, 0.3) is 0 Å². The van der Waals surface area contributed by atoms with Crippen LogP contribution in [0, 0.1) is 0 Å². The maximum absolute atomic E-state index is 12.3. The van der Waals surface area contributed by atoms with Gasteiger partial charge in [0.15, 0.2) is 28.7 Å². The van der Waals surface area contributed by atoms with E-state index in [1.165, 1.54) is 28.3 Å². The molecule has 8 nitrogen and oxygen atoms in total. The fraction of sp³-hybridized carbons (Fsp3) is 0.190. The summed E-state index contributed by atoms with van der Waals surface area (Å²) in [6.45, 7) is 1.29. The third kappa shape index (κ3) is 4.46. The van der Waals surface area contributed by atoms with Gasteiger partial charge in [0.05, 0.1) is 25.8 Å². The highest BCUT2D eigenvalue weighted by Crippen LogP contribution is 2.38. The highest BCUT2D eigenvalue weighted by atomic mass is 79.9. The summed E-state index contributed by atoms with van der Waals surface area (Å²) in [5.74, 6) is 0.669. The number of rotatable bonds is 6. The van der Waals surface area contributed by atoms with Crippen LogP contribution in [0.3, 0.4) is 0 Å². The number of benzene rings is 2. The van der Waals surface area contributed by atoms with Gasteiger partial charge in [0.2, 0.25) is 5.90 Å². The predicted molar refractivity (Wildman–Crippen MR) is 112 cm³/mol. The lowest BCUT2D eigenvalue weighted by atomic mass is 10.1. The zero-order valence-corrected chi connectivity index (χ0v) is 18.2. The largest absolute Gasteiger partial charge is 0.493 e. The number of carbonyl (C=O) groups excluding carboxylic acids is 2. The Morgan fingerprint density at radius 3 is 2.37 bits per heavy atom. The first-order valence-electron chi connectivity index (χ1n) is 8.67. The van der Waals surface area contributed by atoms with E-state index in [0.717, 1.165) is 0 Å². The molecule has 2 aromatic rings. The lowest BCUT2D eigenvalue weighted by Crippen LogP contribution is -2.06. The molecule has 1 aliphatic heterocycles. The Morgan fingerprint density at radius 1 is 1.03 bits per heavy atom. The number of methoxy groups -OCH3 is 3. The molecule has 0 atom stereocenters. The predicted octanol–water partition coefficient (Wildman–Crippen LogP) is 3.74. The minimum atomic E-state index is -0.598. The van der Waals surface area contributed by atoms with Crippen LogP contribution in [0.15, 0.2) is 45.5 Å². The van der Waals surface area contributed by atoms with Crippen molar-refractivity contribution in [2.75, 3.05) is 21.3 Å². The molecular weight excluding hydrogens is 458 g/mol. The minimum absolute atomic E-state index is 0.106. The lowest BCUT2D eigenvalue weighted by molar-refractivity contribution is -0.132. The second-order valence-electron chi connectivity index (χ2n) is 6.03. The molecule has 0 amide bonds. The van der Waals surface area contributed by atoms with Crippen molar-refractivity contribution in [3.8, 4) is 23.0 Å². The third-order valence-corrected chi connectivity index (χ3v) is 4.64. The van der Waals surface area contributed by atoms with Gasteiger partial charge >= 0.3 is 11.9 Å². The molecule has 3 rings (SSSR count). The van der Waals surface area contributed by atoms with E-state index < -0.39 is 11.9 Å². The Bertz CT molecular complexity index is 1080. The number of cyclic esters (lactones) is 1. The van der Waals surface area contributed by atoms with Crippen LogP contribution < -0.4 is 18.9 Å². The van der Waals surface area contributed by atoms with E-state index in [2.05, 4.69) is 20.9 Å². The van der Waals surface area contributed by atoms with E-state index in [0.29, 0.717) is 32.8 Å². The molecule has 156 valence electrons. The average Bonchev–Trinajstić information content (AvgIpc) is 3.09. The van der Waals surface area contributed by atoms with E-state index in [1.807, 2.05) is 0 Å². The normalized spacial score (nSPS) is 14.2. The average molecular weight is 476 g/mol. The van der Waals surface area contributed by atoms with Crippen molar-refractivity contribution < 1.29 is 33.3 Å². The van der Waals surface area contributed by atoms with E-state index in [-0.39, 0.29) is 17.3 Å². The highest BCUT2D eigenvalue weighted by molar-refractivity contribution is 9.10.